The first-order chi connectivity index (χ1) is 8.36. The van der Waals surface area contributed by atoms with E-state index in [0.29, 0.717) is 17.3 Å². The zero-order valence-corrected chi connectivity index (χ0v) is 11.0. The smallest absolute Gasteiger partial charge is 0.209 e. The third-order valence-corrected chi connectivity index (χ3v) is 4.90. The molecule has 94 valence electrons. The van der Waals surface area contributed by atoms with Crippen molar-refractivity contribution in [2.24, 2.45) is 0 Å². The molecule has 1 N–H and O–H groups in total. The molecule has 1 heterocycles. The molecule has 2 aliphatic rings. The number of thioether (sulfide) groups is 1. The maximum absolute atomic E-state index is 4.17. The van der Waals surface area contributed by atoms with Crippen molar-refractivity contribution in [3.05, 3.63) is 0 Å². The summed E-state index contributed by atoms with van der Waals surface area (Å²) >= 11 is 1.87. The number of hydrogen-bond donors (Lipinski definition) is 1. The van der Waals surface area contributed by atoms with Crippen LogP contribution < -0.4 is 5.32 Å². The second-order valence-corrected chi connectivity index (χ2v) is 6.30. The fourth-order valence-electron chi connectivity index (χ4n) is 2.47. The Hall–Kier alpha value is -0.620. The normalized spacial score (nSPS) is 29.5. The van der Waals surface area contributed by atoms with Gasteiger partial charge in [-0.2, -0.15) is 0 Å². The van der Waals surface area contributed by atoms with Gasteiger partial charge < -0.3 is 5.32 Å². The Morgan fingerprint density at radius 1 is 1.29 bits per heavy atom. The van der Waals surface area contributed by atoms with Crippen molar-refractivity contribution in [1.82, 2.24) is 25.5 Å². The number of rotatable bonds is 4. The topological polar surface area (TPSA) is 55.6 Å². The molecule has 5 nitrogen and oxygen atoms in total. The lowest BCUT2D eigenvalue weighted by Crippen LogP contribution is -2.32. The molecule has 0 aromatic carbocycles. The van der Waals surface area contributed by atoms with Gasteiger partial charge in [0, 0.05) is 11.3 Å². The van der Waals surface area contributed by atoms with Crippen molar-refractivity contribution in [2.75, 3.05) is 7.05 Å². The van der Waals surface area contributed by atoms with Crippen LogP contribution in [0.3, 0.4) is 0 Å². The zero-order valence-electron chi connectivity index (χ0n) is 10.2. The van der Waals surface area contributed by atoms with Crippen LogP contribution in [-0.2, 0) is 0 Å². The van der Waals surface area contributed by atoms with Gasteiger partial charge in [-0.15, -0.1) is 5.10 Å². The minimum atomic E-state index is 0.580. The molecule has 17 heavy (non-hydrogen) atoms. The van der Waals surface area contributed by atoms with E-state index in [1.165, 1.54) is 38.5 Å². The van der Waals surface area contributed by atoms with Crippen LogP contribution in [0.4, 0.5) is 0 Å². The Kier molecular flexibility index (Phi) is 3.33. The Labute approximate surface area is 106 Å². The van der Waals surface area contributed by atoms with Crippen LogP contribution in [0.5, 0.6) is 0 Å². The van der Waals surface area contributed by atoms with Crippen LogP contribution in [0, 0.1) is 0 Å². The predicted octanol–water partition coefficient (Wildman–Crippen LogP) is 1.63. The summed E-state index contributed by atoms with van der Waals surface area (Å²) in [7, 11) is 2.06. The molecule has 1 aromatic rings. The molecule has 0 saturated heterocycles. The summed E-state index contributed by atoms with van der Waals surface area (Å²) in [6.45, 7) is 0. The van der Waals surface area contributed by atoms with E-state index in [2.05, 4.69) is 27.9 Å². The SMILES string of the molecule is CNC1CCCC(Sc2nnnn2C2CC2)C1. The highest BCUT2D eigenvalue weighted by atomic mass is 32.2. The molecular weight excluding hydrogens is 234 g/mol. The van der Waals surface area contributed by atoms with Crippen molar-refractivity contribution < 1.29 is 0 Å². The molecule has 2 aliphatic carbocycles. The number of hydrogen-bond acceptors (Lipinski definition) is 5. The molecule has 2 saturated carbocycles. The highest BCUT2D eigenvalue weighted by Crippen LogP contribution is 2.39. The van der Waals surface area contributed by atoms with Gasteiger partial charge in [-0.25, -0.2) is 4.68 Å². The first kappa shape index (κ1) is 11.5. The molecule has 2 fully saturated rings. The third-order valence-electron chi connectivity index (χ3n) is 3.66. The lowest BCUT2D eigenvalue weighted by atomic mass is 9.95. The summed E-state index contributed by atoms with van der Waals surface area (Å²) in [4.78, 5) is 0. The van der Waals surface area contributed by atoms with E-state index in [0.717, 1.165) is 5.16 Å². The number of nitrogens with zero attached hydrogens (tertiary/aromatic N) is 4. The highest BCUT2D eigenvalue weighted by molar-refractivity contribution is 7.99. The van der Waals surface area contributed by atoms with Crippen LogP contribution in [0.1, 0.15) is 44.6 Å². The summed E-state index contributed by atoms with van der Waals surface area (Å²) in [6, 6.07) is 1.25. The van der Waals surface area contributed by atoms with E-state index in [1.54, 1.807) is 0 Å². The Morgan fingerprint density at radius 2 is 2.18 bits per heavy atom. The molecule has 2 atom stereocenters. The molecular formula is C11H19N5S. The standard InChI is InChI=1S/C11H19N5S/c1-12-8-3-2-4-10(7-8)17-11-13-14-15-16(11)9-5-6-9/h8-10,12H,2-7H2,1H3. The minimum absolute atomic E-state index is 0.580. The monoisotopic (exact) mass is 253 g/mol. The van der Waals surface area contributed by atoms with Crippen molar-refractivity contribution >= 4 is 11.8 Å². The molecule has 1 aromatic heterocycles. The lowest BCUT2D eigenvalue weighted by molar-refractivity contribution is 0.401. The lowest BCUT2D eigenvalue weighted by Gasteiger charge is -2.27. The largest absolute Gasteiger partial charge is 0.317 e. The van der Waals surface area contributed by atoms with Crippen molar-refractivity contribution in [1.29, 1.82) is 0 Å². The predicted molar refractivity (Wildman–Crippen MR) is 67.0 cm³/mol. The average molecular weight is 253 g/mol. The van der Waals surface area contributed by atoms with Gasteiger partial charge in [0.25, 0.3) is 0 Å². The number of tetrazole rings is 1. The van der Waals surface area contributed by atoms with Gasteiger partial charge in [-0.05, 0) is 49.6 Å². The van der Waals surface area contributed by atoms with Crippen molar-refractivity contribution in [2.45, 2.75) is 61.0 Å². The van der Waals surface area contributed by atoms with Gasteiger partial charge in [-0.1, -0.05) is 18.2 Å². The maximum atomic E-state index is 4.17. The second kappa shape index (κ2) is 4.94. The molecule has 0 amide bonds. The molecule has 6 heteroatoms. The van der Waals surface area contributed by atoms with Crippen LogP contribution in [0.2, 0.25) is 0 Å². The van der Waals surface area contributed by atoms with E-state index < -0.39 is 0 Å². The summed E-state index contributed by atoms with van der Waals surface area (Å²) in [5, 5.41) is 17.2. The fraction of sp³-hybridized carbons (Fsp3) is 0.909. The van der Waals surface area contributed by atoms with Crippen molar-refractivity contribution in [3.63, 3.8) is 0 Å². The van der Waals surface area contributed by atoms with Gasteiger partial charge >= 0.3 is 0 Å². The van der Waals surface area contributed by atoms with Crippen molar-refractivity contribution in [3.8, 4) is 0 Å². The van der Waals surface area contributed by atoms with Crippen LogP contribution in [0.25, 0.3) is 0 Å². The molecule has 0 spiro atoms. The van der Waals surface area contributed by atoms with E-state index >= 15 is 0 Å². The first-order valence-electron chi connectivity index (χ1n) is 6.48. The summed E-state index contributed by atoms with van der Waals surface area (Å²) in [6.07, 6.45) is 7.62. The molecule has 0 aliphatic heterocycles. The molecule has 2 unspecified atom stereocenters. The van der Waals surface area contributed by atoms with E-state index in [9.17, 15) is 0 Å². The van der Waals surface area contributed by atoms with Crippen LogP contribution >= 0.6 is 11.8 Å². The van der Waals surface area contributed by atoms with Gasteiger partial charge in [0.1, 0.15) is 0 Å². The van der Waals surface area contributed by atoms with E-state index in [-0.39, 0.29) is 0 Å². The minimum Gasteiger partial charge on any atom is -0.317 e. The van der Waals surface area contributed by atoms with Gasteiger partial charge in [0.05, 0.1) is 6.04 Å². The fourth-order valence-corrected chi connectivity index (χ4v) is 3.76. The van der Waals surface area contributed by atoms with E-state index in [4.69, 9.17) is 0 Å². The van der Waals surface area contributed by atoms with Gasteiger partial charge in [-0.3, -0.25) is 0 Å². The molecule has 0 bridgehead atoms. The van der Waals surface area contributed by atoms with Gasteiger partial charge in [0.2, 0.25) is 5.16 Å². The van der Waals surface area contributed by atoms with E-state index in [1.807, 2.05) is 16.4 Å². The Balaban J connectivity index is 1.63. The maximum Gasteiger partial charge on any atom is 0.209 e. The molecule has 3 rings (SSSR count). The highest BCUT2D eigenvalue weighted by Gasteiger charge is 2.30. The zero-order chi connectivity index (χ0) is 11.7. The summed E-state index contributed by atoms with van der Waals surface area (Å²) in [5.74, 6) is 0. The number of aromatic nitrogens is 4. The van der Waals surface area contributed by atoms with Crippen LogP contribution in [0.15, 0.2) is 5.16 Å². The van der Waals surface area contributed by atoms with Crippen LogP contribution in [-0.4, -0.2) is 38.5 Å². The number of nitrogens with one attached hydrogen (secondary N) is 1. The summed E-state index contributed by atoms with van der Waals surface area (Å²) < 4.78 is 2.02. The first-order valence-corrected chi connectivity index (χ1v) is 7.36. The summed E-state index contributed by atoms with van der Waals surface area (Å²) in [5.41, 5.74) is 0. The molecule has 0 radical (unpaired) electrons. The average Bonchev–Trinajstić information content (AvgIpc) is 3.11. The van der Waals surface area contributed by atoms with Gasteiger partial charge in [0.15, 0.2) is 0 Å². The Morgan fingerprint density at radius 3 is 2.94 bits per heavy atom. The third kappa shape index (κ3) is 2.63. The second-order valence-electron chi connectivity index (χ2n) is 5.03. The Bertz CT molecular complexity index is 376. The quantitative estimate of drug-likeness (QED) is 0.884.